The summed E-state index contributed by atoms with van der Waals surface area (Å²) in [5, 5.41) is 13.6. The van der Waals surface area contributed by atoms with E-state index >= 15 is 0 Å². The zero-order chi connectivity index (χ0) is 22.8. The summed E-state index contributed by atoms with van der Waals surface area (Å²) < 4.78 is 13.6. The first kappa shape index (κ1) is 21.0. The van der Waals surface area contributed by atoms with Gasteiger partial charge < -0.3 is 10.4 Å². The van der Waals surface area contributed by atoms with Crippen molar-refractivity contribution in [3.05, 3.63) is 101 Å². The number of ketones is 1. The number of aliphatic hydroxyl groups is 1. The summed E-state index contributed by atoms with van der Waals surface area (Å²) in [7, 11) is 0. The Morgan fingerprint density at radius 1 is 0.938 bits per heavy atom. The molecular weight excluding hydrogens is 411 g/mol. The van der Waals surface area contributed by atoms with Crippen molar-refractivity contribution >= 4 is 34.7 Å². The third-order valence-corrected chi connectivity index (χ3v) is 5.14. The topological polar surface area (TPSA) is 86.7 Å². The number of rotatable bonds is 4. The van der Waals surface area contributed by atoms with Gasteiger partial charge in [-0.1, -0.05) is 42.5 Å². The molecule has 1 saturated heterocycles. The smallest absolute Gasteiger partial charge is 0.300 e. The second kappa shape index (κ2) is 8.47. The van der Waals surface area contributed by atoms with Gasteiger partial charge in [0.1, 0.15) is 11.6 Å². The summed E-state index contributed by atoms with van der Waals surface area (Å²) in [4.78, 5) is 38.6. The van der Waals surface area contributed by atoms with Gasteiger partial charge in [-0.15, -0.1) is 0 Å². The van der Waals surface area contributed by atoms with Crippen molar-refractivity contribution in [3.8, 4) is 0 Å². The van der Waals surface area contributed by atoms with Crippen LogP contribution >= 0.6 is 0 Å². The molecule has 1 heterocycles. The van der Waals surface area contributed by atoms with Crippen LogP contribution in [0.5, 0.6) is 0 Å². The van der Waals surface area contributed by atoms with E-state index < -0.39 is 23.5 Å². The molecule has 1 atom stereocenters. The maximum Gasteiger partial charge on any atom is 0.300 e. The molecule has 3 aromatic carbocycles. The van der Waals surface area contributed by atoms with Gasteiger partial charge in [-0.25, -0.2) is 4.39 Å². The van der Waals surface area contributed by atoms with E-state index in [9.17, 15) is 23.9 Å². The van der Waals surface area contributed by atoms with Crippen LogP contribution in [0.3, 0.4) is 0 Å². The Morgan fingerprint density at radius 2 is 1.56 bits per heavy atom. The average Bonchev–Trinajstić information content (AvgIpc) is 3.05. The third-order valence-electron chi connectivity index (χ3n) is 5.14. The number of halogens is 1. The van der Waals surface area contributed by atoms with Gasteiger partial charge in [-0.3, -0.25) is 19.3 Å². The summed E-state index contributed by atoms with van der Waals surface area (Å²) in [5.41, 5.74) is 1.69. The van der Waals surface area contributed by atoms with E-state index in [4.69, 9.17) is 0 Å². The van der Waals surface area contributed by atoms with Gasteiger partial charge in [0, 0.05) is 23.9 Å². The van der Waals surface area contributed by atoms with Crippen LogP contribution in [-0.2, 0) is 14.4 Å². The fourth-order valence-corrected chi connectivity index (χ4v) is 3.72. The van der Waals surface area contributed by atoms with Crippen LogP contribution in [0.15, 0.2) is 84.4 Å². The maximum absolute atomic E-state index is 13.6. The Labute approximate surface area is 183 Å². The number of carbonyl (C=O) groups excluding carboxylic acids is 3. The SMILES string of the molecule is CC(=O)Nc1ccc(N2C(=O)C(=O)/C(=C(/O)c3ccccc3)[C@@H]2c2ccc(F)cc2)cc1. The molecule has 0 bridgehead atoms. The fraction of sp³-hybridized carbons (Fsp3) is 0.0800. The molecule has 0 radical (unpaired) electrons. The molecule has 7 heteroatoms. The first-order chi connectivity index (χ1) is 15.4. The van der Waals surface area contributed by atoms with Crippen molar-refractivity contribution in [2.24, 2.45) is 0 Å². The van der Waals surface area contributed by atoms with Crippen LogP contribution in [0.1, 0.15) is 24.1 Å². The number of hydrogen-bond donors (Lipinski definition) is 2. The van der Waals surface area contributed by atoms with E-state index in [0.717, 1.165) is 0 Å². The lowest BCUT2D eigenvalue weighted by Crippen LogP contribution is -2.29. The summed E-state index contributed by atoms with van der Waals surface area (Å²) >= 11 is 0. The highest BCUT2D eigenvalue weighted by atomic mass is 19.1. The molecule has 6 nitrogen and oxygen atoms in total. The fourth-order valence-electron chi connectivity index (χ4n) is 3.72. The average molecular weight is 430 g/mol. The third kappa shape index (κ3) is 3.88. The van der Waals surface area contributed by atoms with Gasteiger partial charge in [0.2, 0.25) is 5.91 Å². The molecule has 0 saturated carbocycles. The highest BCUT2D eigenvalue weighted by molar-refractivity contribution is 6.51. The van der Waals surface area contributed by atoms with Crippen LogP contribution in [0.2, 0.25) is 0 Å². The highest BCUT2D eigenvalue weighted by Gasteiger charge is 2.46. The van der Waals surface area contributed by atoms with E-state index in [1.807, 2.05) is 0 Å². The first-order valence-electron chi connectivity index (χ1n) is 9.86. The lowest BCUT2D eigenvalue weighted by Gasteiger charge is -2.25. The van der Waals surface area contributed by atoms with Crippen LogP contribution in [0, 0.1) is 5.82 Å². The number of nitrogens with zero attached hydrogens (tertiary/aromatic N) is 1. The number of benzene rings is 3. The standard InChI is InChI=1S/C25H19FN2O4/c1-15(29)27-19-11-13-20(14-12-19)28-22(16-7-9-18(26)10-8-16)21(24(31)25(28)32)23(30)17-5-3-2-4-6-17/h2-14,22,30H,1H3,(H,27,29)/b23-21+/t22-/m0/s1. The van der Waals surface area contributed by atoms with Gasteiger partial charge in [0.25, 0.3) is 11.7 Å². The minimum atomic E-state index is -0.956. The number of Topliss-reactive ketones (excluding diaryl/α,β-unsaturated/α-hetero) is 1. The zero-order valence-electron chi connectivity index (χ0n) is 17.1. The first-order valence-corrected chi connectivity index (χ1v) is 9.86. The Morgan fingerprint density at radius 3 is 2.16 bits per heavy atom. The van der Waals surface area contributed by atoms with Gasteiger partial charge >= 0.3 is 0 Å². The summed E-state index contributed by atoms with van der Waals surface area (Å²) in [6.07, 6.45) is 0. The lowest BCUT2D eigenvalue weighted by atomic mass is 9.95. The zero-order valence-corrected chi connectivity index (χ0v) is 17.1. The number of carbonyl (C=O) groups is 3. The number of anilines is 2. The van der Waals surface area contributed by atoms with Crippen LogP contribution in [0.4, 0.5) is 15.8 Å². The number of aliphatic hydroxyl groups excluding tert-OH is 1. The minimum absolute atomic E-state index is 0.0845. The van der Waals surface area contributed by atoms with Crippen LogP contribution in [-0.4, -0.2) is 22.7 Å². The molecule has 0 spiro atoms. The minimum Gasteiger partial charge on any atom is -0.507 e. The monoisotopic (exact) mass is 430 g/mol. The van der Waals surface area contributed by atoms with E-state index in [0.29, 0.717) is 22.5 Å². The molecule has 160 valence electrons. The number of amides is 2. The number of nitrogens with one attached hydrogen (secondary N) is 1. The van der Waals surface area contributed by atoms with E-state index in [2.05, 4.69) is 5.32 Å². The Balaban J connectivity index is 1.87. The Kier molecular flexibility index (Phi) is 5.55. The molecular formula is C25H19FN2O4. The van der Waals surface area contributed by atoms with Crippen molar-refractivity contribution < 1.29 is 23.9 Å². The molecule has 3 aromatic rings. The van der Waals surface area contributed by atoms with Crippen molar-refractivity contribution in [1.82, 2.24) is 0 Å². The second-order valence-electron chi connectivity index (χ2n) is 7.31. The summed E-state index contributed by atoms with van der Waals surface area (Å²) in [5.74, 6) is -2.67. The summed E-state index contributed by atoms with van der Waals surface area (Å²) in [6, 6.07) is 19.3. The van der Waals surface area contributed by atoms with Crippen LogP contribution < -0.4 is 10.2 Å². The number of hydrogen-bond acceptors (Lipinski definition) is 4. The molecule has 2 N–H and O–H groups in total. The highest BCUT2D eigenvalue weighted by Crippen LogP contribution is 2.42. The van der Waals surface area contributed by atoms with E-state index in [1.54, 1.807) is 54.6 Å². The molecule has 1 aliphatic rings. The van der Waals surface area contributed by atoms with E-state index in [-0.39, 0.29) is 17.2 Å². The van der Waals surface area contributed by atoms with Crippen molar-refractivity contribution in [3.63, 3.8) is 0 Å². The summed E-state index contributed by atoms with van der Waals surface area (Å²) in [6.45, 7) is 1.38. The molecule has 0 aliphatic carbocycles. The Hall–Kier alpha value is -4.26. The molecule has 2 amide bonds. The lowest BCUT2D eigenvalue weighted by molar-refractivity contribution is -0.132. The van der Waals surface area contributed by atoms with Crippen molar-refractivity contribution in [2.75, 3.05) is 10.2 Å². The maximum atomic E-state index is 13.6. The molecule has 1 aliphatic heterocycles. The van der Waals surface area contributed by atoms with Gasteiger partial charge in [0.15, 0.2) is 0 Å². The van der Waals surface area contributed by atoms with Gasteiger partial charge in [-0.05, 0) is 42.0 Å². The van der Waals surface area contributed by atoms with Crippen molar-refractivity contribution in [1.29, 1.82) is 0 Å². The molecule has 32 heavy (non-hydrogen) atoms. The van der Waals surface area contributed by atoms with Crippen molar-refractivity contribution in [2.45, 2.75) is 13.0 Å². The van der Waals surface area contributed by atoms with Gasteiger partial charge in [0.05, 0.1) is 11.6 Å². The molecule has 4 rings (SSSR count). The molecule has 0 aromatic heterocycles. The normalized spacial score (nSPS) is 17.4. The van der Waals surface area contributed by atoms with Gasteiger partial charge in [-0.2, -0.15) is 0 Å². The molecule has 1 fully saturated rings. The Bertz CT molecular complexity index is 1220. The second-order valence-corrected chi connectivity index (χ2v) is 7.31. The largest absolute Gasteiger partial charge is 0.507 e. The van der Waals surface area contributed by atoms with E-state index in [1.165, 1.54) is 36.1 Å². The predicted octanol–water partition coefficient (Wildman–Crippen LogP) is 4.41. The predicted molar refractivity (Wildman–Crippen MR) is 118 cm³/mol. The quantitative estimate of drug-likeness (QED) is 0.365. The molecule has 0 unspecified atom stereocenters. The van der Waals surface area contributed by atoms with Crippen LogP contribution in [0.25, 0.3) is 5.76 Å².